The number of nitrogens with zero attached hydrogens (tertiary/aromatic N) is 2. The van der Waals surface area contributed by atoms with Crippen LogP contribution >= 0.6 is 0 Å². The van der Waals surface area contributed by atoms with E-state index in [1.807, 2.05) is 12.1 Å². The summed E-state index contributed by atoms with van der Waals surface area (Å²) in [5.74, 6) is 0.909. The number of carbonyl (C=O) groups excluding carboxylic acids is 1. The Hall–Kier alpha value is -4.05. The van der Waals surface area contributed by atoms with Crippen LogP contribution < -0.4 is 14.8 Å². The average molecular weight is 372 g/mol. The molecule has 4 rings (SSSR count). The lowest BCUT2D eigenvalue weighted by atomic mass is 10.1. The molecule has 28 heavy (non-hydrogen) atoms. The SMILES string of the molecule is COc1cc2ncc3c(C(=O)Nc4ccc(C#N)cc4)c[nH]c3c2cc1OC. The Bertz CT molecular complexity index is 1240. The van der Waals surface area contributed by atoms with E-state index in [0.717, 1.165) is 16.4 Å². The minimum Gasteiger partial charge on any atom is -0.493 e. The van der Waals surface area contributed by atoms with Crippen LogP contribution in [0.2, 0.25) is 0 Å². The number of hydrogen-bond donors (Lipinski definition) is 2. The first-order valence-electron chi connectivity index (χ1n) is 8.48. The fourth-order valence-corrected chi connectivity index (χ4v) is 3.12. The van der Waals surface area contributed by atoms with Crippen LogP contribution in [0.5, 0.6) is 11.5 Å². The highest BCUT2D eigenvalue weighted by molar-refractivity contribution is 6.17. The number of hydrogen-bond acceptors (Lipinski definition) is 5. The third-order valence-corrected chi connectivity index (χ3v) is 4.54. The molecule has 0 aliphatic rings. The van der Waals surface area contributed by atoms with E-state index in [9.17, 15) is 4.79 Å². The monoisotopic (exact) mass is 372 g/mol. The Kier molecular flexibility index (Phi) is 4.30. The molecule has 0 aliphatic heterocycles. The van der Waals surface area contributed by atoms with Gasteiger partial charge in [-0.25, -0.2) is 0 Å². The van der Waals surface area contributed by atoms with Crippen molar-refractivity contribution in [2.24, 2.45) is 0 Å². The van der Waals surface area contributed by atoms with Crippen LogP contribution in [-0.2, 0) is 0 Å². The maximum absolute atomic E-state index is 12.7. The summed E-state index contributed by atoms with van der Waals surface area (Å²) in [6, 6.07) is 12.4. The molecule has 0 fully saturated rings. The Morgan fingerprint density at radius 1 is 1.11 bits per heavy atom. The number of aromatic amines is 1. The van der Waals surface area contributed by atoms with Crippen LogP contribution in [0.3, 0.4) is 0 Å². The second-order valence-corrected chi connectivity index (χ2v) is 6.12. The summed E-state index contributed by atoms with van der Waals surface area (Å²) in [6.07, 6.45) is 3.31. The molecule has 2 heterocycles. The van der Waals surface area contributed by atoms with Crippen LogP contribution in [-0.4, -0.2) is 30.1 Å². The van der Waals surface area contributed by atoms with Crippen molar-refractivity contribution in [3.63, 3.8) is 0 Å². The molecular weight excluding hydrogens is 356 g/mol. The number of H-pyrrole nitrogens is 1. The molecule has 0 radical (unpaired) electrons. The van der Waals surface area contributed by atoms with Gasteiger partial charge >= 0.3 is 0 Å². The lowest BCUT2D eigenvalue weighted by molar-refractivity contribution is 0.102. The zero-order valence-corrected chi connectivity index (χ0v) is 15.2. The summed E-state index contributed by atoms with van der Waals surface area (Å²) in [5.41, 5.74) is 3.13. The average Bonchev–Trinajstić information content (AvgIpc) is 3.18. The first kappa shape index (κ1) is 17.4. The molecule has 0 saturated carbocycles. The molecule has 0 atom stereocenters. The fraction of sp³-hybridized carbons (Fsp3) is 0.0952. The van der Waals surface area contributed by atoms with Crippen LogP contribution in [0.25, 0.3) is 21.8 Å². The summed E-state index contributed by atoms with van der Waals surface area (Å²) in [7, 11) is 3.14. The molecule has 0 unspecified atom stereocenters. The molecule has 7 heteroatoms. The largest absolute Gasteiger partial charge is 0.493 e. The molecular formula is C21H16N4O3. The van der Waals surface area contributed by atoms with Crippen molar-refractivity contribution in [2.45, 2.75) is 0 Å². The van der Waals surface area contributed by atoms with Gasteiger partial charge in [-0.2, -0.15) is 5.26 Å². The van der Waals surface area contributed by atoms with Crippen LogP contribution in [0.4, 0.5) is 5.69 Å². The van der Waals surface area contributed by atoms with Gasteiger partial charge in [0.05, 0.1) is 42.4 Å². The van der Waals surface area contributed by atoms with Gasteiger partial charge in [-0.05, 0) is 30.3 Å². The third kappa shape index (κ3) is 2.87. The number of nitrogens with one attached hydrogen (secondary N) is 2. The summed E-state index contributed by atoms with van der Waals surface area (Å²) in [6.45, 7) is 0. The summed E-state index contributed by atoms with van der Waals surface area (Å²) >= 11 is 0. The first-order chi connectivity index (χ1) is 13.6. The van der Waals surface area contributed by atoms with Crippen molar-refractivity contribution in [1.82, 2.24) is 9.97 Å². The minimum absolute atomic E-state index is 0.266. The number of aromatic nitrogens is 2. The number of anilines is 1. The van der Waals surface area contributed by atoms with Crippen molar-refractivity contribution >= 4 is 33.4 Å². The van der Waals surface area contributed by atoms with Crippen LogP contribution in [0, 0.1) is 11.3 Å². The van der Waals surface area contributed by atoms with Crippen molar-refractivity contribution in [2.75, 3.05) is 19.5 Å². The number of fused-ring (bicyclic) bond motifs is 3. The number of rotatable bonds is 4. The molecule has 0 bridgehead atoms. The molecule has 2 N–H and O–H groups in total. The predicted octanol–water partition coefficient (Wildman–Crippen LogP) is 3.86. The quantitative estimate of drug-likeness (QED) is 0.567. The van der Waals surface area contributed by atoms with E-state index in [4.69, 9.17) is 14.7 Å². The van der Waals surface area contributed by atoms with Gasteiger partial charge in [0.25, 0.3) is 5.91 Å². The van der Waals surface area contributed by atoms with Gasteiger partial charge in [0.2, 0.25) is 0 Å². The van der Waals surface area contributed by atoms with E-state index >= 15 is 0 Å². The minimum atomic E-state index is -0.266. The van der Waals surface area contributed by atoms with Gasteiger partial charge in [0.15, 0.2) is 11.5 Å². The number of pyridine rings is 1. The summed E-state index contributed by atoms with van der Waals surface area (Å²) in [4.78, 5) is 20.4. The molecule has 138 valence electrons. The number of amides is 1. The standard InChI is InChI=1S/C21H16N4O3/c1-27-18-7-14-17(8-19(18)28-2)23-10-15-16(11-24-20(14)15)21(26)25-13-5-3-12(9-22)4-6-13/h3-8,10-11,24H,1-2H3,(H,25,26). The van der Waals surface area contributed by atoms with Crippen LogP contribution in [0.15, 0.2) is 48.8 Å². The zero-order chi connectivity index (χ0) is 19.7. The molecule has 4 aromatic rings. The second kappa shape index (κ2) is 6.93. The van der Waals surface area contributed by atoms with Crippen molar-refractivity contribution < 1.29 is 14.3 Å². The highest BCUT2D eigenvalue weighted by Gasteiger charge is 2.16. The van der Waals surface area contributed by atoms with E-state index in [1.165, 1.54) is 0 Å². The van der Waals surface area contributed by atoms with Crippen molar-refractivity contribution in [3.05, 3.63) is 59.9 Å². The number of carbonyl (C=O) groups is 1. The van der Waals surface area contributed by atoms with E-state index in [-0.39, 0.29) is 5.91 Å². The second-order valence-electron chi connectivity index (χ2n) is 6.12. The van der Waals surface area contributed by atoms with Gasteiger partial charge in [-0.15, -0.1) is 0 Å². The topological polar surface area (TPSA) is 100 Å². The highest BCUT2D eigenvalue weighted by atomic mass is 16.5. The summed E-state index contributed by atoms with van der Waals surface area (Å²) in [5, 5.41) is 13.2. The number of nitriles is 1. The normalized spacial score (nSPS) is 10.6. The summed E-state index contributed by atoms with van der Waals surface area (Å²) < 4.78 is 10.7. The van der Waals surface area contributed by atoms with Gasteiger partial charge < -0.3 is 19.8 Å². The Morgan fingerprint density at radius 2 is 1.82 bits per heavy atom. The Balaban J connectivity index is 1.74. The lowest BCUT2D eigenvalue weighted by Gasteiger charge is -2.09. The van der Waals surface area contributed by atoms with E-state index < -0.39 is 0 Å². The Morgan fingerprint density at radius 3 is 2.50 bits per heavy atom. The van der Waals surface area contributed by atoms with E-state index in [0.29, 0.717) is 33.7 Å². The lowest BCUT2D eigenvalue weighted by Crippen LogP contribution is -2.11. The zero-order valence-electron chi connectivity index (χ0n) is 15.2. The smallest absolute Gasteiger partial charge is 0.257 e. The van der Waals surface area contributed by atoms with Crippen molar-refractivity contribution in [1.29, 1.82) is 5.26 Å². The number of benzene rings is 2. The predicted molar refractivity (Wildman–Crippen MR) is 106 cm³/mol. The Labute approximate surface area is 160 Å². The van der Waals surface area contributed by atoms with E-state index in [2.05, 4.69) is 15.3 Å². The molecule has 0 saturated heterocycles. The molecule has 2 aromatic carbocycles. The molecule has 0 spiro atoms. The first-order valence-corrected chi connectivity index (χ1v) is 8.48. The fourth-order valence-electron chi connectivity index (χ4n) is 3.12. The van der Waals surface area contributed by atoms with E-state index in [1.54, 1.807) is 56.9 Å². The molecule has 1 amide bonds. The maximum atomic E-state index is 12.7. The van der Waals surface area contributed by atoms with Gasteiger partial charge in [0.1, 0.15) is 0 Å². The van der Waals surface area contributed by atoms with Gasteiger partial charge in [-0.3, -0.25) is 9.78 Å². The van der Waals surface area contributed by atoms with Crippen molar-refractivity contribution in [3.8, 4) is 17.6 Å². The molecule has 7 nitrogen and oxygen atoms in total. The molecule has 2 aromatic heterocycles. The maximum Gasteiger partial charge on any atom is 0.257 e. The number of methoxy groups -OCH3 is 2. The third-order valence-electron chi connectivity index (χ3n) is 4.54. The molecule has 0 aliphatic carbocycles. The highest BCUT2D eigenvalue weighted by Crippen LogP contribution is 2.35. The van der Waals surface area contributed by atoms with Gasteiger partial charge in [0, 0.05) is 34.9 Å². The van der Waals surface area contributed by atoms with Gasteiger partial charge in [-0.1, -0.05) is 0 Å². The number of ether oxygens (including phenoxy) is 2. The van der Waals surface area contributed by atoms with Crippen LogP contribution in [0.1, 0.15) is 15.9 Å².